The quantitative estimate of drug-likeness (QED) is 0.781. The summed E-state index contributed by atoms with van der Waals surface area (Å²) >= 11 is 5.54. The van der Waals surface area contributed by atoms with Gasteiger partial charge in [-0.2, -0.15) is 0 Å². The molecular weight excluding hydrogens is 295 g/mol. The van der Waals surface area contributed by atoms with E-state index in [0.29, 0.717) is 5.56 Å². The Hall–Kier alpha value is -1.43. The molecule has 0 atom stereocenters. The number of carbonyl (C=O) groups is 1. The number of amides is 1. The molecule has 0 radical (unpaired) electrons. The molecule has 0 heterocycles. The van der Waals surface area contributed by atoms with E-state index in [4.69, 9.17) is 11.6 Å². The van der Waals surface area contributed by atoms with Crippen LogP contribution in [0.2, 0.25) is 0 Å². The van der Waals surface area contributed by atoms with Gasteiger partial charge in [-0.05, 0) is 30.5 Å². The summed E-state index contributed by atoms with van der Waals surface area (Å²) in [6, 6.07) is 5.77. The van der Waals surface area contributed by atoms with Crippen molar-refractivity contribution >= 4 is 17.5 Å². The zero-order valence-corrected chi connectivity index (χ0v) is 11.2. The Morgan fingerprint density at radius 3 is 2.65 bits per heavy atom. The molecule has 7 heteroatoms. The van der Waals surface area contributed by atoms with Crippen LogP contribution in [0.4, 0.5) is 13.2 Å². The van der Waals surface area contributed by atoms with Crippen LogP contribution in [0.1, 0.15) is 18.4 Å². The Balaban J connectivity index is 2.08. The number of benzene rings is 1. The van der Waals surface area contributed by atoms with Crippen LogP contribution in [0.15, 0.2) is 24.3 Å². The van der Waals surface area contributed by atoms with E-state index in [9.17, 15) is 18.0 Å². The minimum atomic E-state index is -4.72. The van der Waals surface area contributed by atoms with E-state index in [2.05, 4.69) is 4.74 Å². The molecule has 0 unspecified atom stereocenters. The van der Waals surface area contributed by atoms with E-state index in [1.54, 1.807) is 11.0 Å². The van der Waals surface area contributed by atoms with Crippen molar-refractivity contribution in [3.8, 4) is 5.75 Å². The molecule has 0 saturated heterocycles. The fourth-order valence-corrected chi connectivity index (χ4v) is 2.08. The van der Waals surface area contributed by atoms with E-state index in [1.807, 2.05) is 0 Å². The molecule has 1 amide bonds. The van der Waals surface area contributed by atoms with Gasteiger partial charge < -0.3 is 9.64 Å². The van der Waals surface area contributed by atoms with Crippen LogP contribution in [0.25, 0.3) is 0 Å². The first kappa shape index (κ1) is 15.0. The smallest absolute Gasteiger partial charge is 0.406 e. The van der Waals surface area contributed by atoms with Crippen LogP contribution >= 0.6 is 11.6 Å². The monoisotopic (exact) mass is 307 g/mol. The number of carbonyl (C=O) groups excluding carboxylic acids is 1. The largest absolute Gasteiger partial charge is 0.573 e. The zero-order valence-electron chi connectivity index (χ0n) is 10.5. The summed E-state index contributed by atoms with van der Waals surface area (Å²) in [6.07, 6.45) is -2.91. The lowest BCUT2D eigenvalue weighted by Crippen LogP contribution is -2.33. The lowest BCUT2D eigenvalue weighted by molar-refractivity contribution is -0.274. The van der Waals surface area contributed by atoms with Gasteiger partial charge in [0.25, 0.3) is 0 Å². The standard InChI is InChI=1S/C13H13ClF3NO2/c14-7-12(19)18(10-4-5-10)8-9-2-1-3-11(6-9)20-13(15,16)17/h1-3,6,10H,4-5,7-8H2. The van der Waals surface area contributed by atoms with Crippen molar-refractivity contribution in [3.05, 3.63) is 29.8 Å². The van der Waals surface area contributed by atoms with Crippen LogP contribution in [-0.4, -0.2) is 29.1 Å². The molecule has 0 bridgehead atoms. The highest BCUT2D eigenvalue weighted by atomic mass is 35.5. The first-order chi connectivity index (χ1) is 9.39. The number of nitrogens with zero attached hydrogens (tertiary/aromatic N) is 1. The van der Waals surface area contributed by atoms with Gasteiger partial charge >= 0.3 is 6.36 Å². The van der Waals surface area contributed by atoms with Crippen molar-refractivity contribution in [3.63, 3.8) is 0 Å². The molecule has 1 aromatic rings. The Labute approximate surface area is 119 Å². The third kappa shape index (κ3) is 4.30. The predicted octanol–water partition coefficient (Wildman–Crippen LogP) is 3.32. The maximum Gasteiger partial charge on any atom is 0.573 e. The normalized spacial score (nSPS) is 15.0. The molecule has 1 aromatic carbocycles. The van der Waals surface area contributed by atoms with E-state index in [1.165, 1.54) is 18.2 Å². The number of ether oxygens (including phenoxy) is 1. The molecule has 110 valence electrons. The fraction of sp³-hybridized carbons (Fsp3) is 0.462. The highest BCUT2D eigenvalue weighted by Crippen LogP contribution is 2.30. The van der Waals surface area contributed by atoms with Crippen molar-refractivity contribution in [2.45, 2.75) is 31.8 Å². The van der Waals surface area contributed by atoms with Gasteiger partial charge in [-0.25, -0.2) is 0 Å². The molecule has 1 saturated carbocycles. The average Bonchev–Trinajstić information content (AvgIpc) is 3.17. The highest BCUT2D eigenvalue weighted by Gasteiger charge is 2.33. The van der Waals surface area contributed by atoms with E-state index in [0.717, 1.165) is 12.8 Å². The van der Waals surface area contributed by atoms with Crippen molar-refractivity contribution in [1.82, 2.24) is 4.90 Å². The Bertz CT molecular complexity index is 489. The minimum Gasteiger partial charge on any atom is -0.406 e. The fourth-order valence-electron chi connectivity index (χ4n) is 1.92. The Kier molecular flexibility index (Phi) is 4.42. The van der Waals surface area contributed by atoms with E-state index in [-0.39, 0.29) is 30.1 Å². The molecule has 1 fully saturated rings. The summed E-state index contributed by atoms with van der Waals surface area (Å²) in [4.78, 5) is 13.3. The molecule has 0 aromatic heterocycles. The average molecular weight is 308 g/mol. The first-order valence-electron chi connectivity index (χ1n) is 6.09. The van der Waals surface area contributed by atoms with Gasteiger partial charge in [0.15, 0.2) is 0 Å². The molecule has 0 spiro atoms. The lowest BCUT2D eigenvalue weighted by atomic mass is 10.2. The maximum absolute atomic E-state index is 12.2. The summed E-state index contributed by atoms with van der Waals surface area (Å²) < 4.78 is 40.3. The molecule has 3 nitrogen and oxygen atoms in total. The van der Waals surface area contributed by atoms with Crippen LogP contribution in [-0.2, 0) is 11.3 Å². The number of hydrogen-bond donors (Lipinski definition) is 0. The van der Waals surface area contributed by atoms with E-state index >= 15 is 0 Å². The van der Waals surface area contributed by atoms with Crippen LogP contribution in [0.5, 0.6) is 5.75 Å². The van der Waals surface area contributed by atoms with Crippen molar-refractivity contribution < 1.29 is 22.7 Å². The van der Waals surface area contributed by atoms with E-state index < -0.39 is 6.36 Å². The van der Waals surface area contributed by atoms with Gasteiger partial charge in [0.05, 0.1) is 0 Å². The Morgan fingerprint density at radius 1 is 1.40 bits per heavy atom. The second-order valence-corrected chi connectivity index (χ2v) is 4.85. The van der Waals surface area contributed by atoms with Gasteiger partial charge in [-0.1, -0.05) is 12.1 Å². The topological polar surface area (TPSA) is 29.5 Å². The van der Waals surface area contributed by atoms with Gasteiger partial charge in [-0.15, -0.1) is 24.8 Å². The number of alkyl halides is 4. The molecule has 1 aliphatic rings. The van der Waals surface area contributed by atoms with Crippen molar-refractivity contribution in [2.75, 3.05) is 5.88 Å². The summed E-state index contributed by atoms with van der Waals surface area (Å²) in [5.74, 6) is -0.629. The number of rotatable bonds is 5. The number of halogens is 4. The summed E-state index contributed by atoms with van der Waals surface area (Å²) in [5, 5.41) is 0. The summed E-state index contributed by atoms with van der Waals surface area (Å²) in [5.41, 5.74) is 0.581. The molecule has 2 rings (SSSR count). The van der Waals surface area contributed by atoms with Crippen LogP contribution in [0.3, 0.4) is 0 Å². The van der Waals surface area contributed by atoms with Gasteiger partial charge in [-0.3, -0.25) is 4.79 Å². The third-order valence-corrected chi connectivity index (χ3v) is 3.14. The van der Waals surface area contributed by atoms with Gasteiger partial charge in [0.2, 0.25) is 5.91 Å². The summed E-state index contributed by atoms with van der Waals surface area (Å²) in [7, 11) is 0. The predicted molar refractivity (Wildman–Crippen MR) is 67.4 cm³/mol. The van der Waals surface area contributed by atoms with Crippen LogP contribution in [0, 0.1) is 0 Å². The lowest BCUT2D eigenvalue weighted by Gasteiger charge is -2.21. The first-order valence-corrected chi connectivity index (χ1v) is 6.62. The molecule has 1 aliphatic carbocycles. The number of hydrogen-bond acceptors (Lipinski definition) is 2. The Morgan fingerprint density at radius 2 is 2.10 bits per heavy atom. The van der Waals surface area contributed by atoms with Crippen molar-refractivity contribution in [2.24, 2.45) is 0 Å². The summed E-state index contributed by atoms with van der Waals surface area (Å²) in [6.45, 7) is 0.241. The SMILES string of the molecule is O=C(CCl)N(Cc1cccc(OC(F)(F)F)c1)C1CC1. The minimum absolute atomic E-state index is 0.130. The molecule has 20 heavy (non-hydrogen) atoms. The molecular formula is C13H13ClF3NO2. The second kappa shape index (κ2) is 5.91. The van der Waals surface area contributed by atoms with Crippen LogP contribution < -0.4 is 4.74 Å². The molecule has 0 N–H and O–H groups in total. The maximum atomic E-state index is 12.2. The molecule has 0 aliphatic heterocycles. The van der Waals surface area contributed by atoms with Gasteiger partial charge in [0.1, 0.15) is 11.6 Å². The van der Waals surface area contributed by atoms with Crippen molar-refractivity contribution in [1.29, 1.82) is 0 Å². The highest BCUT2D eigenvalue weighted by molar-refractivity contribution is 6.27. The van der Waals surface area contributed by atoms with Gasteiger partial charge in [0, 0.05) is 12.6 Å². The second-order valence-electron chi connectivity index (χ2n) is 4.58. The zero-order chi connectivity index (χ0) is 14.8. The third-order valence-electron chi connectivity index (χ3n) is 2.91.